The molecule has 0 spiro atoms. The van der Waals surface area contributed by atoms with Crippen molar-refractivity contribution in [2.24, 2.45) is 0 Å². The van der Waals surface area contributed by atoms with Crippen molar-refractivity contribution in [3.8, 4) is 12.3 Å². The van der Waals surface area contributed by atoms with Crippen LogP contribution in [0.2, 0.25) is 0 Å². The lowest BCUT2D eigenvalue weighted by molar-refractivity contribution is -0.146. The Morgan fingerprint density at radius 3 is 2.18 bits per heavy atom. The van der Waals surface area contributed by atoms with E-state index in [-0.39, 0.29) is 12.6 Å². The zero-order chi connectivity index (χ0) is 26.1. The van der Waals surface area contributed by atoms with Crippen molar-refractivity contribution < 1.29 is 28.7 Å². The van der Waals surface area contributed by atoms with Gasteiger partial charge in [-0.2, -0.15) is 0 Å². The Labute approximate surface area is 201 Å². The average Bonchev–Trinajstić information content (AvgIpc) is 2.78. The number of terminal acetylenes is 1. The van der Waals surface area contributed by atoms with Crippen LogP contribution >= 0.6 is 0 Å². The van der Waals surface area contributed by atoms with Gasteiger partial charge in [0.05, 0.1) is 7.11 Å². The van der Waals surface area contributed by atoms with Gasteiger partial charge in [-0.3, -0.25) is 14.4 Å². The maximum Gasteiger partial charge on any atom is 0.408 e. The van der Waals surface area contributed by atoms with Crippen molar-refractivity contribution in [2.45, 2.75) is 71.7 Å². The van der Waals surface area contributed by atoms with E-state index in [4.69, 9.17) is 11.2 Å². The molecule has 186 valence electrons. The van der Waals surface area contributed by atoms with E-state index in [0.717, 1.165) is 0 Å². The molecule has 0 aliphatic rings. The highest BCUT2D eigenvalue weighted by Crippen LogP contribution is 2.26. The molecule has 0 saturated carbocycles. The highest BCUT2D eigenvalue weighted by Gasteiger charge is 2.37. The second-order valence-electron chi connectivity index (χ2n) is 8.83. The maximum atomic E-state index is 13.5. The Morgan fingerprint density at radius 1 is 1.12 bits per heavy atom. The van der Waals surface area contributed by atoms with Crippen molar-refractivity contribution in [1.82, 2.24) is 15.5 Å². The number of nitrogens with zero attached hydrogens (tertiary/aromatic N) is 1. The zero-order valence-corrected chi connectivity index (χ0v) is 20.9. The number of amides is 3. The van der Waals surface area contributed by atoms with Gasteiger partial charge in [0.2, 0.25) is 11.8 Å². The third-order valence-electron chi connectivity index (χ3n) is 4.98. The number of hydrogen-bond donors (Lipinski definition) is 2. The molecular formula is C25H35N3O6. The molecule has 0 aliphatic carbocycles. The summed E-state index contributed by atoms with van der Waals surface area (Å²) in [5, 5.41) is 5.06. The van der Waals surface area contributed by atoms with Gasteiger partial charge in [0.1, 0.15) is 24.2 Å². The summed E-state index contributed by atoms with van der Waals surface area (Å²) in [5.41, 5.74) is 0.372. The SMILES string of the molecule is C#Cc1ccc(C(C(=O)NCC(=O)OC)N(C(=O)C(C)NC(=O)OC(C)(C)C)C(C)CC)cc1. The minimum atomic E-state index is -1.08. The Kier molecular flexibility index (Phi) is 10.6. The molecule has 3 unspecified atom stereocenters. The first-order chi connectivity index (χ1) is 15.8. The molecule has 9 nitrogen and oxygen atoms in total. The van der Waals surface area contributed by atoms with Gasteiger partial charge in [-0.1, -0.05) is 25.0 Å². The van der Waals surface area contributed by atoms with Gasteiger partial charge < -0.3 is 25.0 Å². The number of esters is 1. The Balaban J connectivity index is 3.36. The van der Waals surface area contributed by atoms with Crippen LogP contribution in [0.4, 0.5) is 4.79 Å². The van der Waals surface area contributed by atoms with Crippen molar-refractivity contribution in [1.29, 1.82) is 0 Å². The molecule has 0 heterocycles. The van der Waals surface area contributed by atoms with E-state index in [0.29, 0.717) is 17.5 Å². The molecular weight excluding hydrogens is 438 g/mol. The highest BCUT2D eigenvalue weighted by molar-refractivity contribution is 5.93. The van der Waals surface area contributed by atoms with Gasteiger partial charge in [-0.05, 0) is 58.7 Å². The van der Waals surface area contributed by atoms with Crippen LogP contribution in [0, 0.1) is 12.3 Å². The first-order valence-corrected chi connectivity index (χ1v) is 11.1. The van der Waals surface area contributed by atoms with E-state index < -0.39 is 41.6 Å². The van der Waals surface area contributed by atoms with Crippen LogP contribution in [0.3, 0.4) is 0 Å². The van der Waals surface area contributed by atoms with E-state index in [9.17, 15) is 19.2 Å². The van der Waals surface area contributed by atoms with Crippen LogP contribution in [-0.2, 0) is 23.9 Å². The molecule has 0 saturated heterocycles. The third-order valence-corrected chi connectivity index (χ3v) is 4.98. The molecule has 0 aromatic heterocycles. The topological polar surface area (TPSA) is 114 Å². The minimum absolute atomic E-state index is 0.359. The van der Waals surface area contributed by atoms with Crippen LogP contribution < -0.4 is 10.6 Å². The van der Waals surface area contributed by atoms with Crippen LogP contribution in [0.1, 0.15) is 65.1 Å². The van der Waals surface area contributed by atoms with Crippen molar-refractivity contribution >= 4 is 23.9 Å². The minimum Gasteiger partial charge on any atom is -0.468 e. The van der Waals surface area contributed by atoms with Crippen molar-refractivity contribution in [3.63, 3.8) is 0 Å². The quantitative estimate of drug-likeness (QED) is 0.421. The lowest BCUT2D eigenvalue weighted by Crippen LogP contribution is -2.54. The number of methoxy groups -OCH3 is 1. The molecule has 0 aliphatic heterocycles. The Hall–Kier alpha value is -3.54. The van der Waals surface area contributed by atoms with Gasteiger partial charge in [-0.25, -0.2) is 4.79 Å². The summed E-state index contributed by atoms with van der Waals surface area (Å²) in [7, 11) is 1.21. The first kappa shape index (κ1) is 28.5. The number of nitrogens with one attached hydrogen (secondary N) is 2. The molecule has 1 aromatic rings. The lowest BCUT2D eigenvalue weighted by Gasteiger charge is -2.37. The fourth-order valence-corrected chi connectivity index (χ4v) is 3.09. The molecule has 34 heavy (non-hydrogen) atoms. The smallest absolute Gasteiger partial charge is 0.408 e. The normalized spacial score (nSPS) is 13.5. The number of carbonyl (C=O) groups excluding carboxylic acids is 4. The summed E-state index contributed by atoms with van der Waals surface area (Å²) in [6, 6.07) is 4.20. The third kappa shape index (κ3) is 8.43. The van der Waals surface area contributed by atoms with E-state index in [1.807, 2.05) is 6.92 Å². The second-order valence-corrected chi connectivity index (χ2v) is 8.83. The van der Waals surface area contributed by atoms with Crippen molar-refractivity contribution in [3.05, 3.63) is 35.4 Å². The van der Waals surface area contributed by atoms with E-state index >= 15 is 0 Å². The van der Waals surface area contributed by atoms with Crippen LogP contribution in [0.25, 0.3) is 0 Å². The molecule has 2 N–H and O–H groups in total. The predicted molar refractivity (Wildman–Crippen MR) is 128 cm³/mol. The maximum absolute atomic E-state index is 13.5. The fraction of sp³-hybridized carbons (Fsp3) is 0.520. The highest BCUT2D eigenvalue weighted by atomic mass is 16.6. The number of hydrogen-bond acceptors (Lipinski definition) is 6. The molecule has 1 aromatic carbocycles. The molecule has 0 bridgehead atoms. The van der Waals surface area contributed by atoms with E-state index in [1.165, 1.54) is 18.9 Å². The van der Waals surface area contributed by atoms with Gasteiger partial charge in [0.15, 0.2) is 0 Å². The molecule has 3 atom stereocenters. The number of carbonyl (C=O) groups is 4. The summed E-state index contributed by atoms with van der Waals surface area (Å²) >= 11 is 0. The van der Waals surface area contributed by atoms with Crippen LogP contribution in [0.15, 0.2) is 24.3 Å². The fourth-order valence-electron chi connectivity index (χ4n) is 3.09. The molecule has 1 rings (SSSR count). The number of benzene rings is 1. The Bertz CT molecular complexity index is 914. The molecule has 9 heteroatoms. The van der Waals surface area contributed by atoms with Gasteiger partial charge >= 0.3 is 12.1 Å². The number of ether oxygens (including phenoxy) is 2. The molecule has 0 fully saturated rings. The predicted octanol–water partition coefficient (Wildman–Crippen LogP) is 2.54. The summed E-state index contributed by atoms with van der Waals surface area (Å²) in [6.45, 7) is 9.98. The summed E-state index contributed by atoms with van der Waals surface area (Å²) in [6.07, 6.45) is 5.23. The van der Waals surface area contributed by atoms with Gasteiger partial charge in [-0.15, -0.1) is 6.42 Å². The average molecular weight is 474 g/mol. The van der Waals surface area contributed by atoms with Crippen molar-refractivity contribution in [2.75, 3.05) is 13.7 Å². The molecule has 3 amide bonds. The lowest BCUT2D eigenvalue weighted by atomic mass is 9.99. The first-order valence-electron chi connectivity index (χ1n) is 11.1. The van der Waals surface area contributed by atoms with Crippen LogP contribution in [0.5, 0.6) is 0 Å². The summed E-state index contributed by atoms with van der Waals surface area (Å²) < 4.78 is 9.85. The second kappa shape index (κ2) is 12.6. The van der Waals surface area contributed by atoms with Crippen LogP contribution in [-0.4, -0.2) is 60.1 Å². The summed E-state index contributed by atoms with van der Waals surface area (Å²) in [4.78, 5) is 52.0. The molecule has 0 radical (unpaired) electrons. The van der Waals surface area contributed by atoms with E-state index in [1.54, 1.807) is 52.0 Å². The largest absolute Gasteiger partial charge is 0.468 e. The Morgan fingerprint density at radius 2 is 1.71 bits per heavy atom. The monoisotopic (exact) mass is 473 g/mol. The van der Waals surface area contributed by atoms with Gasteiger partial charge in [0, 0.05) is 11.6 Å². The number of alkyl carbamates (subject to hydrolysis) is 1. The summed E-state index contributed by atoms with van der Waals surface area (Å²) in [5.74, 6) is 0.823. The van der Waals surface area contributed by atoms with Gasteiger partial charge in [0.25, 0.3) is 0 Å². The standard InChI is InChI=1S/C25H35N3O6/c1-9-16(3)28(23(31)17(4)27-24(32)34-25(5,6)7)21(22(30)26-15-20(29)33-8)19-13-11-18(10-2)12-14-19/h2,11-14,16-17,21H,9,15H2,1,3-8H3,(H,26,30)(H,27,32). The van der Waals surface area contributed by atoms with E-state index in [2.05, 4.69) is 21.3 Å². The number of rotatable bonds is 9. The zero-order valence-electron chi connectivity index (χ0n) is 20.9.